The highest BCUT2D eigenvalue weighted by Crippen LogP contribution is 2.32. The Balaban J connectivity index is 1.89. The monoisotopic (exact) mass is 291 g/mol. The van der Waals surface area contributed by atoms with Crippen LogP contribution in [0.25, 0.3) is 0 Å². The Morgan fingerprint density at radius 2 is 1.90 bits per heavy atom. The van der Waals surface area contributed by atoms with Crippen molar-refractivity contribution in [2.45, 2.75) is 23.8 Å². The van der Waals surface area contributed by atoms with Crippen molar-refractivity contribution >= 4 is 10.0 Å². The molecule has 1 aliphatic rings. The summed E-state index contributed by atoms with van der Waals surface area (Å²) in [5, 5.41) is 0. The van der Waals surface area contributed by atoms with Crippen molar-refractivity contribution in [2.24, 2.45) is 0 Å². The maximum absolute atomic E-state index is 13.2. The highest BCUT2D eigenvalue weighted by atomic mass is 32.2. The Morgan fingerprint density at radius 1 is 1.10 bits per heavy atom. The van der Waals surface area contributed by atoms with Crippen LogP contribution in [0.3, 0.4) is 0 Å². The molecule has 1 atom stereocenters. The molecule has 1 N–H and O–H groups in total. The van der Waals surface area contributed by atoms with Crippen LogP contribution in [0.4, 0.5) is 4.39 Å². The first kappa shape index (κ1) is 13.3. The lowest BCUT2D eigenvalue weighted by Crippen LogP contribution is -2.27. The molecule has 1 unspecified atom stereocenters. The summed E-state index contributed by atoms with van der Waals surface area (Å²) >= 11 is 0. The Labute approximate surface area is 117 Å². The smallest absolute Gasteiger partial charge is 0.207 e. The third-order valence-corrected chi connectivity index (χ3v) is 5.01. The first-order valence-electron chi connectivity index (χ1n) is 6.42. The third kappa shape index (κ3) is 2.46. The SMILES string of the molecule is O=S(=O)(NC1CCc2ccccc21)c1cccc(F)c1. The number of nitrogens with one attached hydrogen (secondary N) is 1. The molecule has 0 amide bonds. The van der Waals surface area contributed by atoms with Crippen molar-refractivity contribution in [2.75, 3.05) is 0 Å². The lowest BCUT2D eigenvalue weighted by atomic mass is 10.1. The summed E-state index contributed by atoms with van der Waals surface area (Å²) in [6.07, 6.45) is 1.58. The maximum Gasteiger partial charge on any atom is 0.241 e. The molecule has 0 radical (unpaired) electrons. The van der Waals surface area contributed by atoms with E-state index in [1.165, 1.54) is 23.8 Å². The standard InChI is InChI=1S/C15H14FNO2S/c16-12-5-3-6-13(10-12)20(18,19)17-15-9-8-11-4-1-2-7-14(11)15/h1-7,10,15,17H,8-9H2. The summed E-state index contributed by atoms with van der Waals surface area (Å²) in [7, 11) is -3.70. The Kier molecular flexibility index (Phi) is 3.31. The Morgan fingerprint density at radius 3 is 2.70 bits per heavy atom. The molecule has 0 aliphatic heterocycles. The van der Waals surface area contributed by atoms with Gasteiger partial charge >= 0.3 is 0 Å². The van der Waals surface area contributed by atoms with Gasteiger partial charge in [0.1, 0.15) is 5.82 Å². The summed E-state index contributed by atoms with van der Waals surface area (Å²) in [6.45, 7) is 0. The van der Waals surface area contributed by atoms with Crippen LogP contribution in [0.2, 0.25) is 0 Å². The van der Waals surface area contributed by atoms with Crippen molar-refractivity contribution in [3.63, 3.8) is 0 Å². The summed E-state index contributed by atoms with van der Waals surface area (Å²) in [5.74, 6) is -0.556. The first-order chi connectivity index (χ1) is 9.56. The zero-order chi connectivity index (χ0) is 14.2. The zero-order valence-corrected chi connectivity index (χ0v) is 11.5. The molecule has 20 heavy (non-hydrogen) atoms. The van der Waals surface area contributed by atoms with Gasteiger partial charge in [0.2, 0.25) is 10.0 Å². The van der Waals surface area contributed by atoms with Crippen molar-refractivity contribution in [3.8, 4) is 0 Å². The quantitative estimate of drug-likeness (QED) is 0.945. The van der Waals surface area contributed by atoms with Gasteiger partial charge in [-0.05, 0) is 42.2 Å². The van der Waals surface area contributed by atoms with E-state index in [1.54, 1.807) is 0 Å². The van der Waals surface area contributed by atoms with Crippen LogP contribution < -0.4 is 4.72 Å². The number of halogens is 1. The average molecular weight is 291 g/mol. The van der Waals surface area contributed by atoms with Crippen molar-refractivity contribution in [1.29, 1.82) is 0 Å². The van der Waals surface area contributed by atoms with Gasteiger partial charge in [-0.3, -0.25) is 0 Å². The van der Waals surface area contributed by atoms with Crippen molar-refractivity contribution in [3.05, 3.63) is 65.5 Å². The van der Waals surface area contributed by atoms with Gasteiger partial charge in [-0.2, -0.15) is 0 Å². The number of rotatable bonds is 3. The topological polar surface area (TPSA) is 46.2 Å². The Hall–Kier alpha value is -1.72. The second-order valence-electron chi connectivity index (χ2n) is 4.87. The molecule has 0 spiro atoms. The largest absolute Gasteiger partial charge is 0.241 e. The maximum atomic E-state index is 13.2. The fourth-order valence-corrected chi connectivity index (χ4v) is 3.85. The molecule has 2 aromatic rings. The van der Waals surface area contributed by atoms with E-state index < -0.39 is 15.8 Å². The second-order valence-corrected chi connectivity index (χ2v) is 6.58. The molecule has 0 heterocycles. The highest BCUT2D eigenvalue weighted by molar-refractivity contribution is 7.89. The molecule has 0 aromatic heterocycles. The number of aryl methyl sites for hydroxylation is 1. The molecular formula is C15H14FNO2S. The molecular weight excluding hydrogens is 277 g/mol. The average Bonchev–Trinajstić information content (AvgIpc) is 2.82. The fraction of sp³-hybridized carbons (Fsp3) is 0.200. The third-order valence-electron chi connectivity index (χ3n) is 3.54. The summed E-state index contributed by atoms with van der Waals surface area (Å²) < 4.78 is 40.4. The van der Waals surface area contributed by atoms with Crippen molar-refractivity contribution < 1.29 is 12.8 Å². The molecule has 2 aromatic carbocycles. The fourth-order valence-electron chi connectivity index (χ4n) is 2.57. The molecule has 5 heteroatoms. The molecule has 3 nitrogen and oxygen atoms in total. The van der Waals surface area contributed by atoms with Crippen molar-refractivity contribution in [1.82, 2.24) is 4.72 Å². The Bertz CT molecular complexity index is 743. The predicted octanol–water partition coefficient (Wildman–Crippen LogP) is 2.79. The van der Waals surface area contributed by atoms with E-state index in [1.807, 2.05) is 24.3 Å². The molecule has 1 aliphatic carbocycles. The minimum atomic E-state index is -3.70. The summed E-state index contributed by atoms with van der Waals surface area (Å²) in [5.41, 5.74) is 2.17. The van der Waals surface area contributed by atoms with E-state index in [-0.39, 0.29) is 10.9 Å². The van der Waals surface area contributed by atoms with Gasteiger partial charge in [-0.1, -0.05) is 30.3 Å². The lowest BCUT2D eigenvalue weighted by Gasteiger charge is -2.14. The van der Waals surface area contributed by atoms with Crippen LogP contribution in [-0.2, 0) is 16.4 Å². The van der Waals surface area contributed by atoms with Crippen LogP contribution in [0.1, 0.15) is 23.6 Å². The minimum Gasteiger partial charge on any atom is -0.207 e. The van der Waals surface area contributed by atoms with E-state index in [2.05, 4.69) is 4.72 Å². The molecule has 0 saturated carbocycles. The molecule has 0 fully saturated rings. The van der Waals surface area contributed by atoms with Gasteiger partial charge in [0.25, 0.3) is 0 Å². The van der Waals surface area contributed by atoms with E-state index in [0.717, 1.165) is 24.5 Å². The first-order valence-corrected chi connectivity index (χ1v) is 7.90. The lowest BCUT2D eigenvalue weighted by molar-refractivity contribution is 0.552. The molecule has 0 saturated heterocycles. The van der Waals surface area contributed by atoms with Crippen LogP contribution in [0, 0.1) is 5.82 Å². The normalized spacial score (nSPS) is 17.9. The van der Waals surface area contributed by atoms with Gasteiger partial charge in [-0.15, -0.1) is 0 Å². The number of sulfonamides is 1. The van der Waals surface area contributed by atoms with Gasteiger partial charge < -0.3 is 0 Å². The number of hydrogen-bond donors (Lipinski definition) is 1. The number of benzene rings is 2. The van der Waals surface area contributed by atoms with E-state index >= 15 is 0 Å². The minimum absolute atomic E-state index is 0.0399. The molecule has 0 bridgehead atoms. The molecule has 3 rings (SSSR count). The predicted molar refractivity (Wildman–Crippen MR) is 74.2 cm³/mol. The van der Waals surface area contributed by atoms with E-state index in [0.29, 0.717) is 0 Å². The molecule has 104 valence electrons. The zero-order valence-electron chi connectivity index (χ0n) is 10.7. The van der Waals surface area contributed by atoms with Gasteiger partial charge in [0, 0.05) is 6.04 Å². The van der Waals surface area contributed by atoms with Crippen LogP contribution in [0.5, 0.6) is 0 Å². The van der Waals surface area contributed by atoms with E-state index in [9.17, 15) is 12.8 Å². The number of hydrogen-bond acceptors (Lipinski definition) is 2. The van der Waals surface area contributed by atoms with Crippen LogP contribution >= 0.6 is 0 Å². The summed E-state index contributed by atoms with van der Waals surface area (Å²) in [6, 6.07) is 12.6. The van der Waals surface area contributed by atoms with Gasteiger partial charge in [-0.25, -0.2) is 17.5 Å². The second kappa shape index (κ2) is 5.00. The number of fused-ring (bicyclic) bond motifs is 1. The van der Waals surface area contributed by atoms with Gasteiger partial charge in [0.15, 0.2) is 0 Å². The summed E-state index contributed by atoms with van der Waals surface area (Å²) in [4.78, 5) is -0.0399. The van der Waals surface area contributed by atoms with E-state index in [4.69, 9.17) is 0 Å². The van der Waals surface area contributed by atoms with Gasteiger partial charge in [0.05, 0.1) is 4.90 Å². The van der Waals surface area contributed by atoms with Crippen LogP contribution in [-0.4, -0.2) is 8.42 Å². The van der Waals surface area contributed by atoms with Crippen LogP contribution in [0.15, 0.2) is 53.4 Å². The highest BCUT2D eigenvalue weighted by Gasteiger charge is 2.27.